The van der Waals surface area contributed by atoms with Crippen LogP contribution in [0.4, 0.5) is 11.4 Å². The lowest BCUT2D eigenvalue weighted by molar-refractivity contribution is -0.115. The molecule has 380 valence electrons. The first kappa shape index (κ1) is 52.4. The van der Waals surface area contributed by atoms with E-state index in [-0.39, 0.29) is 18.4 Å². The summed E-state index contributed by atoms with van der Waals surface area (Å²) in [6, 6.07) is 50.0. The molecule has 1 aliphatic heterocycles. The fourth-order valence-electron chi connectivity index (χ4n) is 10.1. The largest absolute Gasteiger partial charge is 0.338 e. The third-order valence-electron chi connectivity index (χ3n) is 13.9. The molecule has 13 heteroatoms. The van der Waals surface area contributed by atoms with Gasteiger partial charge < -0.3 is 25.1 Å². The number of amides is 2. The van der Waals surface area contributed by atoms with Gasteiger partial charge in [0.1, 0.15) is 11.6 Å². The van der Waals surface area contributed by atoms with E-state index in [2.05, 4.69) is 141 Å². The molecule has 2 aliphatic rings. The lowest BCUT2D eigenvalue weighted by Gasteiger charge is -2.32. The van der Waals surface area contributed by atoms with Gasteiger partial charge in [-0.05, 0) is 149 Å². The minimum absolute atomic E-state index is 0.0158. The van der Waals surface area contributed by atoms with Crippen LogP contribution in [0.5, 0.6) is 0 Å². The van der Waals surface area contributed by atoms with Crippen LogP contribution in [-0.2, 0) is 30.4 Å². The summed E-state index contributed by atoms with van der Waals surface area (Å²) >= 11 is 0. The van der Waals surface area contributed by atoms with Gasteiger partial charge in [0, 0.05) is 49.4 Å². The molecule has 10 rings (SSSR count). The van der Waals surface area contributed by atoms with Gasteiger partial charge in [-0.2, -0.15) is 8.42 Å². The predicted molar refractivity (Wildman–Crippen MR) is 296 cm³/mol. The van der Waals surface area contributed by atoms with Crippen molar-refractivity contribution in [3.05, 3.63) is 168 Å². The van der Waals surface area contributed by atoms with Crippen molar-refractivity contribution in [3.8, 4) is 22.8 Å². The maximum absolute atomic E-state index is 11.4. The average molecular weight is 1000 g/mol. The van der Waals surface area contributed by atoms with Crippen molar-refractivity contribution in [3.63, 3.8) is 0 Å². The van der Waals surface area contributed by atoms with E-state index in [0.29, 0.717) is 18.4 Å². The number of H-pyrrole nitrogens is 1. The SMILES string of the molecule is CC(=O)Nc1cccc(C2CCC(CCn3c(-c4ccc(C)cc4)nc4ccccc43)CC2)c1.CC(=O)Nc1cccc(C2CCN(CCOS(C)(=O)=O)CC2)c1.Cc1ccc(-c2nc3ccccc3[nH]2)cc1. The number of imidazole rings is 2. The number of anilines is 2. The zero-order valence-electron chi connectivity index (χ0n) is 42.8. The minimum Gasteiger partial charge on any atom is -0.338 e. The van der Waals surface area contributed by atoms with Crippen LogP contribution >= 0.6 is 0 Å². The van der Waals surface area contributed by atoms with Crippen LogP contribution in [0.15, 0.2) is 146 Å². The molecule has 1 aliphatic carbocycles. The Morgan fingerprint density at radius 2 is 1.18 bits per heavy atom. The average Bonchev–Trinajstić information content (AvgIpc) is 3.99. The van der Waals surface area contributed by atoms with E-state index in [9.17, 15) is 18.0 Å². The first-order valence-corrected chi connectivity index (χ1v) is 27.4. The molecule has 0 spiro atoms. The quantitative estimate of drug-likeness (QED) is 0.0966. The fraction of sp³-hybridized carbons (Fsp3) is 0.333. The van der Waals surface area contributed by atoms with Crippen LogP contribution in [0.3, 0.4) is 0 Å². The molecule has 3 heterocycles. The van der Waals surface area contributed by atoms with Gasteiger partial charge >= 0.3 is 0 Å². The van der Waals surface area contributed by atoms with Gasteiger partial charge in [-0.3, -0.25) is 13.8 Å². The predicted octanol–water partition coefficient (Wildman–Crippen LogP) is 12.7. The highest BCUT2D eigenvalue weighted by Gasteiger charge is 2.24. The van der Waals surface area contributed by atoms with Crippen LogP contribution in [0.1, 0.15) is 92.9 Å². The van der Waals surface area contributed by atoms with Crippen molar-refractivity contribution < 1.29 is 22.2 Å². The lowest BCUT2D eigenvalue weighted by atomic mass is 9.77. The van der Waals surface area contributed by atoms with Crippen molar-refractivity contribution >= 4 is 55.4 Å². The molecule has 2 fully saturated rings. The molecular weight excluding hydrogens is 931 g/mol. The Morgan fingerprint density at radius 3 is 1.75 bits per heavy atom. The molecule has 2 aromatic heterocycles. The van der Waals surface area contributed by atoms with Crippen LogP contribution < -0.4 is 10.6 Å². The second kappa shape index (κ2) is 24.7. The third-order valence-corrected chi connectivity index (χ3v) is 14.5. The monoisotopic (exact) mass is 1000 g/mol. The van der Waals surface area contributed by atoms with Crippen molar-refractivity contribution in [2.45, 2.75) is 91.0 Å². The molecule has 1 saturated carbocycles. The Hall–Kier alpha value is -6.93. The number of aromatic nitrogens is 4. The minimum atomic E-state index is -3.35. The number of likely N-dealkylation sites (tertiary alicyclic amines) is 1. The zero-order valence-corrected chi connectivity index (χ0v) is 43.6. The molecular formula is C60H69N7O5S. The second-order valence-corrected chi connectivity index (χ2v) is 21.3. The summed E-state index contributed by atoms with van der Waals surface area (Å²) in [7, 11) is -3.35. The molecule has 1 saturated heterocycles. The smallest absolute Gasteiger partial charge is 0.264 e. The fourth-order valence-corrected chi connectivity index (χ4v) is 10.5. The molecule has 2 amide bonds. The number of para-hydroxylation sites is 4. The van der Waals surface area contributed by atoms with Crippen LogP contribution in [0, 0.1) is 19.8 Å². The first-order valence-electron chi connectivity index (χ1n) is 25.6. The number of aromatic amines is 1. The summed E-state index contributed by atoms with van der Waals surface area (Å²) in [5.41, 5.74) is 13.6. The maximum Gasteiger partial charge on any atom is 0.264 e. The molecule has 0 unspecified atom stereocenters. The highest BCUT2D eigenvalue weighted by molar-refractivity contribution is 7.85. The van der Waals surface area contributed by atoms with Gasteiger partial charge in [0.15, 0.2) is 0 Å². The van der Waals surface area contributed by atoms with E-state index in [4.69, 9.17) is 9.17 Å². The number of aryl methyl sites for hydroxylation is 3. The van der Waals surface area contributed by atoms with Gasteiger partial charge in [-0.25, -0.2) is 9.97 Å². The van der Waals surface area contributed by atoms with Crippen LogP contribution in [0.25, 0.3) is 44.8 Å². The summed E-state index contributed by atoms with van der Waals surface area (Å²) in [6.07, 6.45) is 9.21. The van der Waals surface area contributed by atoms with Gasteiger partial charge in [0.25, 0.3) is 10.1 Å². The van der Waals surface area contributed by atoms with E-state index in [1.165, 1.54) is 72.4 Å². The Bertz CT molecular complexity index is 3170. The van der Waals surface area contributed by atoms with Gasteiger partial charge in [0.2, 0.25) is 11.8 Å². The number of nitrogens with zero attached hydrogens (tertiary/aromatic N) is 4. The second-order valence-electron chi connectivity index (χ2n) is 19.7. The number of nitrogens with one attached hydrogen (secondary N) is 3. The summed E-state index contributed by atoms with van der Waals surface area (Å²) in [5.74, 6) is 3.71. The topological polar surface area (TPSA) is 151 Å². The summed E-state index contributed by atoms with van der Waals surface area (Å²) in [5, 5.41) is 5.73. The number of hydrogen-bond donors (Lipinski definition) is 3. The number of rotatable bonds is 13. The summed E-state index contributed by atoms with van der Waals surface area (Å²) in [6.45, 7) is 10.9. The van der Waals surface area contributed by atoms with Gasteiger partial charge in [-0.1, -0.05) is 108 Å². The Morgan fingerprint density at radius 1 is 0.630 bits per heavy atom. The van der Waals surface area contributed by atoms with E-state index >= 15 is 0 Å². The highest BCUT2D eigenvalue weighted by atomic mass is 32.2. The molecule has 73 heavy (non-hydrogen) atoms. The Balaban J connectivity index is 0.000000157. The molecule has 0 radical (unpaired) electrons. The van der Waals surface area contributed by atoms with E-state index in [0.717, 1.165) is 89.8 Å². The Kier molecular flexibility index (Phi) is 17.7. The van der Waals surface area contributed by atoms with Crippen molar-refractivity contribution in [2.75, 3.05) is 43.1 Å². The number of carbonyl (C=O) groups is 2. The molecule has 6 aromatic carbocycles. The number of piperidine rings is 1. The van der Waals surface area contributed by atoms with E-state index < -0.39 is 10.1 Å². The van der Waals surface area contributed by atoms with Crippen LogP contribution in [0.2, 0.25) is 0 Å². The standard InChI is InChI=1S/C30H33N3O.C16H24N2O4S.C14H12N2/c1-21-10-14-25(15-11-21)30-32-28-8-3-4-9-29(28)33(30)19-18-23-12-16-24(17-13-23)26-6-5-7-27(20-26)31-22(2)34;1-13(19)17-16-5-3-4-15(12-16)14-6-8-18(9-7-14)10-11-22-23(2,20)21;1-10-6-8-11(9-7-10)14-15-12-4-2-3-5-13(12)16-14/h3-11,14-15,20,23-24H,12-13,16-19H2,1-2H3,(H,31,34);3-5,12,14H,6-11H2,1-2H3,(H,17,19);2-9H,1H3,(H,15,16). The van der Waals surface area contributed by atoms with Crippen molar-refractivity contribution in [1.82, 2.24) is 24.4 Å². The van der Waals surface area contributed by atoms with E-state index in [1.807, 2.05) is 48.5 Å². The zero-order chi connectivity index (χ0) is 51.3. The molecule has 8 aromatic rings. The van der Waals surface area contributed by atoms with Crippen LogP contribution in [-0.4, -0.2) is 77.1 Å². The van der Waals surface area contributed by atoms with E-state index in [1.54, 1.807) is 6.92 Å². The lowest BCUT2D eigenvalue weighted by Crippen LogP contribution is -2.35. The summed E-state index contributed by atoms with van der Waals surface area (Å²) < 4.78 is 29.1. The summed E-state index contributed by atoms with van der Waals surface area (Å²) in [4.78, 5) is 37.6. The normalized spacial score (nSPS) is 16.2. The van der Waals surface area contributed by atoms with Crippen molar-refractivity contribution in [1.29, 1.82) is 0 Å². The Labute approximate surface area is 430 Å². The highest BCUT2D eigenvalue weighted by Crippen LogP contribution is 2.39. The molecule has 3 N–H and O–H groups in total. The molecule has 0 bridgehead atoms. The number of fused-ring (bicyclic) bond motifs is 2. The molecule has 0 atom stereocenters. The third kappa shape index (κ3) is 15.1. The van der Waals surface area contributed by atoms with Gasteiger partial charge in [0.05, 0.1) is 34.9 Å². The first-order chi connectivity index (χ1) is 35.2. The maximum atomic E-state index is 11.4. The number of hydrogen-bond acceptors (Lipinski definition) is 8. The molecule has 12 nitrogen and oxygen atoms in total. The number of carbonyl (C=O) groups excluding carboxylic acids is 2. The number of benzene rings is 6. The van der Waals surface area contributed by atoms with Gasteiger partial charge in [-0.15, -0.1) is 0 Å². The van der Waals surface area contributed by atoms with Crippen molar-refractivity contribution in [2.24, 2.45) is 5.92 Å².